The molecule has 0 radical (unpaired) electrons. The molecule has 0 aliphatic carbocycles. The zero-order valence-corrected chi connectivity index (χ0v) is 16.4. The van der Waals surface area contributed by atoms with E-state index in [1.165, 1.54) is 17.0 Å². The molecule has 2 aromatic carbocycles. The average molecular weight is 384 g/mol. The molecular formula is C21H24N2O5. The van der Waals surface area contributed by atoms with E-state index in [-0.39, 0.29) is 18.1 Å². The highest BCUT2D eigenvalue weighted by Gasteiger charge is 2.17. The van der Waals surface area contributed by atoms with E-state index in [9.17, 15) is 14.4 Å². The standard InChI is InChI=1S/C21H24N2O5/c1-21(2,3)28-20(26)22-16-12-10-15(11-13-16)19(25)27-14-18(24)23(4)17-8-6-5-7-9-17/h5-13H,14H2,1-4H3,(H,22,26). The van der Waals surface area contributed by atoms with Gasteiger partial charge >= 0.3 is 12.1 Å². The highest BCUT2D eigenvalue weighted by atomic mass is 16.6. The molecule has 0 unspecified atom stereocenters. The summed E-state index contributed by atoms with van der Waals surface area (Å²) in [5.74, 6) is -0.971. The van der Waals surface area contributed by atoms with Gasteiger partial charge in [-0.05, 0) is 57.2 Å². The fraction of sp³-hybridized carbons (Fsp3) is 0.286. The maximum Gasteiger partial charge on any atom is 0.412 e. The summed E-state index contributed by atoms with van der Waals surface area (Å²) in [6.07, 6.45) is -0.586. The highest BCUT2D eigenvalue weighted by Crippen LogP contribution is 2.14. The summed E-state index contributed by atoms with van der Waals surface area (Å²) in [6.45, 7) is 4.93. The van der Waals surface area contributed by atoms with Crippen LogP contribution in [0.3, 0.4) is 0 Å². The molecule has 0 heterocycles. The number of ether oxygens (including phenoxy) is 2. The summed E-state index contributed by atoms with van der Waals surface area (Å²) in [5.41, 5.74) is 0.851. The predicted octanol–water partition coefficient (Wildman–Crippen LogP) is 3.85. The van der Waals surface area contributed by atoms with E-state index in [0.717, 1.165) is 0 Å². The minimum absolute atomic E-state index is 0.268. The van der Waals surface area contributed by atoms with E-state index < -0.39 is 17.7 Å². The molecule has 0 spiro atoms. The van der Waals surface area contributed by atoms with Crippen LogP contribution in [0.1, 0.15) is 31.1 Å². The zero-order valence-electron chi connectivity index (χ0n) is 16.4. The molecule has 7 nitrogen and oxygen atoms in total. The lowest BCUT2D eigenvalue weighted by Gasteiger charge is -2.19. The molecule has 0 atom stereocenters. The van der Waals surface area contributed by atoms with E-state index in [0.29, 0.717) is 11.4 Å². The van der Waals surface area contributed by atoms with Crippen molar-refractivity contribution in [1.29, 1.82) is 0 Å². The Morgan fingerprint density at radius 2 is 1.57 bits per heavy atom. The first-order valence-corrected chi connectivity index (χ1v) is 8.74. The van der Waals surface area contributed by atoms with E-state index in [1.807, 2.05) is 18.2 Å². The van der Waals surface area contributed by atoms with Crippen LogP contribution in [0.5, 0.6) is 0 Å². The van der Waals surface area contributed by atoms with Crippen molar-refractivity contribution >= 4 is 29.3 Å². The second-order valence-electron chi connectivity index (χ2n) is 7.07. The van der Waals surface area contributed by atoms with Crippen molar-refractivity contribution in [3.63, 3.8) is 0 Å². The van der Waals surface area contributed by atoms with Gasteiger partial charge in [-0.2, -0.15) is 0 Å². The van der Waals surface area contributed by atoms with Gasteiger partial charge in [-0.1, -0.05) is 18.2 Å². The lowest BCUT2D eigenvalue weighted by atomic mass is 10.2. The Morgan fingerprint density at radius 3 is 2.14 bits per heavy atom. The Kier molecular flexibility index (Phi) is 6.76. The monoisotopic (exact) mass is 384 g/mol. The lowest BCUT2D eigenvalue weighted by Crippen LogP contribution is -2.31. The summed E-state index contributed by atoms with van der Waals surface area (Å²) >= 11 is 0. The summed E-state index contributed by atoms with van der Waals surface area (Å²) < 4.78 is 10.2. The van der Waals surface area contributed by atoms with Gasteiger partial charge in [0, 0.05) is 18.4 Å². The number of nitrogens with zero attached hydrogens (tertiary/aromatic N) is 1. The van der Waals surface area contributed by atoms with Crippen LogP contribution in [-0.2, 0) is 14.3 Å². The zero-order chi connectivity index (χ0) is 20.7. The van der Waals surface area contributed by atoms with Gasteiger partial charge < -0.3 is 14.4 Å². The number of likely N-dealkylation sites (N-methyl/N-ethyl adjacent to an activating group) is 1. The number of anilines is 2. The number of rotatable bonds is 5. The van der Waals surface area contributed by atoms with Crippen molar-refractivity contribution in [2.24, 2.45) is 0 Å². The average Bonchev–Trinajstić information content (AvgIpc) is 2.65. The quantitative estimate of drug-likeness (QED) is 0.792. The molecule has 0 saturated heterocycles. The third kappa shape index (κ3) is 6.42. The van der Waals surface area contributed by atoms with Gasteiger partial charge in [0.25, 0.3) is 5.91 Å². The van der Waals surface area contributed by atoms with Crippen LogP contribution in [0.25, 0.3) is 0 Å². The van der Waals surface area contributed by atoms with Crippen molar-refractivity contribution in [3.8, 4) is 0 Å². The molecule has 148 valence electrons. The van der Waals surface area contributed by atoms with Crippen molar-refractivity contribution < 1.29 is 23.9 Å². The van der Waals surface area contributed by atoms with Crippen LogP contribution in [-0.4, -0.2) is 37.2 Å². The number of benzene rings is 2. The van der Waals surface area contributed by atoms with Gasteiger partial charge in [-0.15, -0.1) is 0 Å². The van der Waals surface area contributed by atoms with Crippen LogP contribution >= 0.6 is 0 Å². The second-order valence-corrected chi connectivity index (χ2v) is 7.07. The molecule has 0 fully saturated rings. The van der Waals surface area contributed by atoms with Crippen LogP contribution in [0.15, 0.2) is 54.6 Å². The number of amides is 2. The van der Waals surface area contributed by atoms with E-state index in [2.05, 4.69) is 5.32 Å². The lowest BCUT2D eigenvalue weighted by molar-refractivity contribution is -0.121. The largest absolute Gasteiger partial charge is 0.452 e. The minimum Gasteiger partial charge on any atom is -0.452 e. The number of carbonyl (C=O) groups is 3. The molecule has 2 rings (SSSR count). The molecule has 7 heteroatoms. The van der Waals surface area contributed by atoms with E-state index in [4.69, 9.17) is 9.47 Å². The highest BCUT2D eigenvalue weighted by molar-refractivity contribution is 5.97. The van der Waals surface area contributed by atoms with Crippen molar-refractivity contribution in [2.45, 2.75) is 26.4 Å². The molecule has 1 N–H and O–H groups in total. The van der Waals surface area contributed by atoms with Gasteiger partial charge in [0.1, 0.15) is 5.60 Å². The number of hydrogen-bond acceptors (Lipinski definition) is 5. The predicted molar refractivity (Wildman–Crippen MR) is 106 cm³/mol. The molecular weight excluding hydrogens is 360 g/mol. The number of nitrogens with one attached hydrogen (secondary N) is 1. The van der Waals surface area contributed by atoms with Crippen LogP contribution in [0.2, 0.25) is 0 Å². The van der Waals surface area contributed by atoms with Crippen molar-refractivity contribution in [2.75, 3.05) is 23.9 Å². The van der Waals surface area contributed by atoms with Gasteiger partial charge in [0.2, 0.25) is 0 Å². The van der Waals surface area contributed by atoms with E-state index >= 15 is 0 Å². The molecule has 2 aromatic rings. The van der Waals surface area contributed by atoms with Gasteiger partial charge in [-0.25, -0.2) is 9.59 Å². The van der Waals surface area contributed by atoms with Crippen LogP contribution in [0.4, 0.5) is 16.2 Å². The number of hydrogen-bond donors (Lipinski definition) is 1. The van der Waals surface area contributed by atoms with Crippen molar-refractivity contribution in [3.05, 3.63) is 60.2 Å². The molecule has 28 heavy (non-hydrogen) atoms. The fourth-order valence-corrected chi connectivity index (χ4v) is 2.21. The summed E-state index contributed by atoms with van der Waals surface area (Å²) in [5, 5.41) is 2.57. The fourth-order valence-electron chi connectivity index (χ4n) is 2.21. The first kappa shape index (κ1) is 21.0. The smallest absolute Gasteiger partial charge is 0.412 e. The molecule has 0 aliphatic rings. The molecule has 2 amide bonds. The molecule has 0 saturated carbocycles. The molecule has 0 aromatic heterocycles. The van der Waals surface area contributed by atoms with Gasteiger partial charge in [0.05, 0.1) is 5.56 Å². The first-order chi connectivity index (χ1) is 13.2. The summed E-state index contributed by atoms with van der Waals surface area (Å²) in [7, 11) is 1.61. The maximum absolute atomic E-state index is 12.2. The topological polar surface area (TPSA) is 84.9 Å². The molecule has 0 bridgehead atoms. The van der Waals surface area contributed by atoms with Gasteiger partial charge in [-0.3, -0.25) is 10.1 Å². The summed E-state index contributed by atoms with van der Waals surface area (Å²) in [4.78, 5) is 37.4. The number of esters is 1. The Bertz CT molecular complexity index is 826. The minimum atomic E-state index is -0.626. The van der Waals surface area contributed by atoms with Crippen LogP contribution in [0, 0.1) is 0 Å². The summed E-state index contributed by atoms with van der Waals surface area (Å²) in [6, 6.07) is 15.2. The van der Waals surface area contributed by atoms with Gasteiger partial charge in [0.15, 0.2) is 6.61 Å². The Morgan fingerprint density at radius 1 is 0.964 bits per heavy atom. The number of carbonyl (C=O) groups excluding carboxylic acids is 3. The Hall–Kier alpha value is -3.35. The third-order valence-corrected chi connectivity index (χ3v) is 3.61. The maximum atomic E-state index is 12.2. The number of para-hydroxylation sites is 1. The Balaban J connectivity index is 1.87. The first-order valence-electron chi connectivity index (χ1n) is 8.74. The molecule has 0 aliphatic heterocycles. The second kappa shape index (κ2) is 9.03. The SMILES string of the molecule is CN(C(=O)COC(=O)c1ccc(NC(=O)OC(C)(C)C)cc1)c1ccccc1. The van der Waals surface area contributed by atoms with Crippen molar-refractivity contribution in [1.82, 2.24) is 0 Å². The van der Waals surface area contributed by atoms with E-state index in [1.54, 1.807) is 52.1 Å². The Labute approximate surface area is 164 Å². The van der Waals surface area contributed by atoms with Crippen LogP contribution < -0.4 is 10.2 Å². The third-order valence-electron chi connectivity index (χ3n) is 3.61. The normalized spacial score (nSPS) is 10.7.